The molecule has 0 radical (unpaired) electrons. The van der Waals surface area contributed by atoms with Crippen molar-refractivity contribution in [1.29, 1.82) is 0 Å². The van der Waals surface area contributed by atoms with Gasteiger partial charge in [0.2, 0.25) is 11.8 Å². The van der Waals surface area contributed by atoms with Crippen molar-refractivity contribution in [3.05, 3.63) is 71.4 Å². The van der Waals surface area contributed by atoms with Gasteiger partial charge in [0.15, 0.2) is 0 Å². The molecule has 0 saturated carbocycles. The second-order valence-corrected chi connectivity index (χ2v) is 8.35. The smallest absolute Gasteiger partial charge is 0.225 e. The van der Waals surface area contributed by atoms with Crippen molar-refractivity contribution < 1.29 is 19.1 Å². The van der Waals surface area contributed by atoms with Crippen LogP contribution in [0.4, 0.5) is 0 Å². The minimum absolute atomic E-state index is 0.00433. The van der Waals surface area contributed by atoms with Gasteiger partial charge in [-0.15, -0.1) is 0 Å². The van der Waals surface area contributed by atoms with E-state index in [0.29, 0.717) is 13.1 Å². The topological polar surface area (TPSA) is 59.1 Å². The second-order valence-electron chi connectivity index (χ2n) is 8.35. The van der Waals surface area contributed by atoms with Crippen LogP contribution in [0.1, 0.15) is 48.9 Å². The fraction of sp³-hybridized carbons (Fsp3) is 0.385. The number of nitrogens with zero attached hydrogens (tertiary/aromatic N) is 2. The van der Waals surface area contributed by atoms with Gasteiger partial charge in [-0.1, -0.05) is 36.4 Å². The van der Waals surface area contributed by atoms with Crippen LogP contribution in [0, 0.1) is 0 Å². The van der Waals surface area contributed by atoms with Crippen LogP contribution in [-0.2, 0) is 20.9 Å². The molecule has 32 heavy (non-hydrogen) atoms. The number of hydrogen-bond acceptors (Lipinski definition) is 4. The summed E-state index contributed by atoms with van der Waals surface area (Å²) in [4.78, 5) is 29.5. The Bertz CT molecular complexity index is 997. The molecule has 2 amide bonds. The molecule has 0 N–H and O–H groups in total. The van der Waals surface area contributed by atoms with E-state index in [1.165, 1.54) is 6.92 Å². The molecule has 4 rings (SSSR count). The molecule has 1 saturated heterocycles. The average molecular weight is 435 g/mol. The van der Waals surface area contributed by atoms with E-state index in [2.05, 4.69) is 0 Å². The Morgan fingerprint density at radius 3 is 2.78 bits per heavy atom. The first-order chi connectivity index (χ1) is 15.5. The molecule has 6 heteroatoms. The number of rotatable bonds is 7. The van der Waals surface area contributed by atoms with E-state index in [1.807, 2.05) is 59.5 Å². The highest BCUT2D eigenvalue weighted by Crippen LogP contribution is 2.33. The number of amides is 2. The number of hydrogen-bond donors (Lipinski definition) is 0. The predicted octanol–water partition coefficient (Wildman–Crippen LogP) is 4.17. The molecule has 0 aliphatic carbocycles. The molecule has 0 spiro atoms. The Hall–Kier alpha value is -3.12. The molecule has 1 fully saturated rings. The van der Waals surface area contributed by atoms with E-state index in [-0.39, 0.29) is 30.4 Å². The quantitative estimate of drug-likeness (QED) is 0.656. The zero-order valence-electron chi connectivity index (χ0n) is 18.7. The molecule has 2 aliphatic heterocycles. The number of carbonyl (C=O) groups is 2. The first-order valence-electron chi connectivity index (χ1n) is 11.1. The summed E-state index contributed by atoms with van der Waals surface area (Å²) in [7, 11) is 1.64. The van der Waals surface area contributed by atoms with Gasteiger partial charge in [0.1, 0.15) is 5.75 Å². The van der Waals surface area contributed by atoms with E-state index in [4.69, 9.17) is 9.47 Å². The van der Waals surface area contributed by atoms with Crippen molar-refractivity contribution in [3.63, 3.8) is 0 Å². The fourth-order valence-corrected chi connectivity index (χ4v) is 4.49. The van der Waals surface area contributed by atoms with E-state index in [1.54, 1.807) is 18.2 Å². The van der Waals surface area contributed by atoms with Crippen molar-refractivity contribution in [1.82, 2.24) is 9.80 Å². The lowest BCUT2D eigenvalue weighted by atomic mass is 9.93. The molecule has 6 nitrogen and oxygen atoms in total. The summed E-state index contributed by atoms with van der Waals surface area (Å²) in [6.45, 7) is 3.29. The largest absolute Gasteiger partial charge is 0.497 e. The SMILES string of the molecule is COc1cccc(CN(C[C@H]2CCCO2)C(=O)C[C@@H]2c3ccccc3C=CN2C(C)=O)c1. The first kappa shape index (κ1) is 22.1. The maximum absolute atomic E-state index is 13.6. The van der Waals surface area contributed by atoms with Crippen molar-refractivity contribution in [2.45, 2.75) is 44.9 Å². The number of ether oxygens (including phenoxy) is 2. The van der Waals surface area contributed by atoms with Crippen molar-refractivity contribution in [2.75, 3.05) is 20.3 Å². The number of fused-ring (bicyclic) bond motifs is 1. The summed E-state index contributed by atoms with van der Waals surface area (Å²) in [6, 6.07) is 15.4. The van der Waals surface area contributed by atoms with Crippen LogP contribution >= 0.6 is 0 Å². The highest BCUT2D eigenvalue weighted by atomic mass is 16.5. The molecule has 2 aromatic rings. The van der Waals surface area contributed by atoms with Crippen LogP contribution < -0.4 is 4.74 Å². The molecular weight excluding hydrogens is 404 g/mol. The third-order valence-corrected chi connectivity index (χ3v) is 6.15. The molecule has 0 aromatic heterocycles. The van der Waals surface area contributed by atoms with E-state index >= 15 is 0 Å². The minimum Gasteiger partial charge on any atom is -0.497 e. The van der Waals surface area contributed by atoms with Crippen LogP contribution in [-0.4, -0.2) is 48.0 Å². The average Bonchev–Trinajstić information content (AvgIpc) is 3.32. The third-order valence-electron chi connectivity index (χ3n) is 6.15. The second kappa shape index (κ2) is 10.0. The van der Waals surface area contributed by atoms with Gasteiger partial charge >= 0.3 is 0 Å². The van der Waals surface area contributed by atoms with Crippen molar-refractivity contribution >= 4 is 17.9 Å². The maximum atomic E-state index is 13.6. The van der Waals surface area contributed by atoms with Crippen molar-refractivity contribution in [2.24, 2.45) is 0 Å². The maximum Gasteiger partial charge on any atom is 0.225 e. The highest BCUT2D eigenvalue weighted by Gasteiger charge is 2.31. The van der Waals surface area contributed by atoms with E-state index in [0.717, 1.165) is 41.9 Å². The van der Waals surface area contributed by atoms with Gasteiger partial charge in [-0.25, -0.2) is 0 Å². The Morgan fingerprint density at radius 2 is 2.03 bits per heavy atom. The third kappa shape index (κ3) is 5.02. The summed E-state index contributed by atoms with van der Waals surface area (Å²) in [5.74, 6) is 0.692. The number of methoxy groups -OCH3 is 1. The van der Waals surface area contributed by atoms with Crippen LogP contribution in [0.2, 0.25) is 0 Å². The fourth-order valence-electron chi connectivity index (χ4n) is 4.49. The van der Waals surface area contributed by atoms with Gasteiger partial charge in [-0.05, 0) is 47.7 Å². The minimum atomic E-state index is -0.321. The van der Waals surface area contributed by atoms with Crippen LogP contribution in [0.5, 0.6) is 5.75 Å². The Kier molecular flexibility index (Phi) is 6.90. The molecule has 168 valence electrons. The lowest BCUT2D eigenvalue weighted by Crippen LogP contribution is -2.40. The molecule has 2 heterocycles. The Labute approximate surface area is 189 Å². The molecule has 2 atom stereocenters. The Morgan fingerprint density at radius 1 is 1.19 bits per heavy atom. The molecule has 0 bridgehead atoms. The summed E-state index contributed by atoms with van der Waals surface area (Å²) in [6.07, 6.45) is 5.96. The molecule has 0 unspecified atom stereocenters. The lowest BCUT2D eigenvalue weighted by molar-refractivity contribution is -0.136. The molecule has 2 aliphatic rings. The summed E-state index contributed by atoms with van der Waals surface area (Å²) in [5.41, 5.74) is 3.04. The van der Waals surface area contributed by atoms with Gasteiger partial charge in [0.25, 0.3) is 0 Å². The van der Waals surface area contributed by atoms with Crippen molar-refractivity contribution in [3.8, 4) is 5.75 Å². The predicted molar refractivity (Wildman–Crippen MR) is 123 cm³/mol. The molecule has 2 aromatic carbocycles. The first-order valence-corrected chi connectivity index (χ1v) is 11.1. The van der Waals surface area contributed by atoms with Crippen LogP contribution in [0.15, 0.2) is 54.7 Å². The zero-order valence-corrected chi connectivity index (χ0v) is 18.7. The number of carbonyl (C=O) groups excluding carboxylic acids is 2. The van der Waals surface area contributed by atoms with Crippen LogP contribution in [0.25, 0.3) is 6.08 Å². The van der Waals surface area contributed by atoms with Gasteiger partial charge in [-0.3, -0.25) is 9.59 Å². The van der Waals surface area contributed by atoms with Gasteiger partial charge < -0.3 is 19.3 Å². The van der Waals surface area contributed by atoms with E-state index in [9.17, 15) is 9.59 Å². The monoisotopic (exact) mass is 434 g/mol. The summed E-state index contributed by atoms with van der Waals surface area (Å²) >= 11 is 0. The highest BCUT2D eigenvalue weighted by molar-refractivity contribution is 5.82. The van der Waals surface area contributed by atoms with Gasteiger partial charge in [0, 0.05) is 32.8 Å². The molecular formula is C26H30N2O4. The normalized spacial score (nSPS) is 19.5. The van der Waals surface area contributed by atoms with E-state index < -0.39 is 0 Å². The Balaban J connectivity index is 1.57. The standard InChI is InChI=1S/C26H30N2O4/c1-19(29)28-13-12-21-8-3-4-11-24(21)25(28)16-26(30)27(18-23-10-6-14-32-23)17-20-7-5-9-22(15-20)31-2/h3-5,7-9,11-13,15,23,25H,6,10,14,16-18H2,1-2H3/t23-,25-/m1/s1. The zero-order chi connectivity index (χ0) is 22.5. The number of benzene rings is 2. The lowest BCUT2D eigenvalue weighted by Gasteiger charge is -2.34. The van der Waals surface area contributed by atoms with Crippen LogP contribution in [0.3, 0.4) is 0 Å². The van der Waals surface area contributed by atoms with Gasteiger partial charge in [-0.2, -0.15) is 0 Å². The summed E-state index contributed by atoms with van der Waals surface area (Å²) in [5, 5.41) is 0. The van der Waals surface area contributed by atoms with Gasteiger partial charge in [0.05, 0.1) is 25.7 Å². The summed E-state index contributed by atoms with van der Waals surface area (Å²) < 4.78 is 11.2.